The van der Waals surface area contributed by atoms with Gasteiger partial charge in [-0.3, -0.25) is 9.69 Å². The fourth-order valence-electron chi connectivity index (χ4n) is 4.72. The lowest BCUT2D eigenvalue weighted by molar-refractivity contribution is -0.118. The molecule has 0 fully saturated rings. The SMILES string of the molecule is CC(=O)NCCCCCCCN1CCc2c(c3cc(F)ccc3n2-c2ccc(F)cc2)C1. The number of hydrogen-bond acceptors (Lipinski definition) is 2. The maximum Gasteiger partial charge on any atom is 0.216 e. The molecule has 170 valence electrons. The van der Waals surface area contributed by atoms with E-state index in [1.54, 1.807) is 25.1 Å². The van der Waals surface area contributed by atoms with E-state index in [-0.39, 0.29) is 17.5 Å². The molecule has 3 aromatic rings. The molecule has 1 N–H and O–H groups in total. The van der Waals surface area contributed by atoms with Crippen LogP contribution in [0.3, 0.4) is 0 Å². The van der Waals surface area contributed by atoms with E-state index in [0.717, 1.165) is 68.5 Å². The van der Waals surface area contributed by atoms with Gasteiger partial charge in [-0.2, -0.15) is 0 Å². The first-order valence-corrected chi connectivity index (χ1v) is 11.6. The average molecular weight is 440 g/mol. The second-order valence-corrected chi connectivity index (χ2v) is 8.68. The highest BCUT2D eigenvalue weighted by Gasteiger charge is 2.24. The number of hydrogen-bond donors (Lipinski definition) is 1. The molecule has 0 atom stereocenters. The number of carbonyl (C=O) groups excluding carboxylic acids is 1. The second-order valence-electron chi connectivity index (χ2n) is 8.68. The maximum atomic E-state index is 14.1. The Morgan fingerprint density at radius 2 is 1.69 bits per heavy atom. The zero-order valence-corrected chi connectivity index (χ0v) is 18.7. The van der Waals surface area contributed by atoms with E-state index in [1.165, 1.54) is 42.3 Å². The molecule has 4 nitrogen and oxygen atoms in total. The van der Waals surface area contributed by atoms with Gasteiger partial charge in [-0.25, -0.2) is 8.78 Å². The number of benzene rings is 2. The molecule has 0 bridgehead atoms. The van der Waals surface area contributed by atoms with E-state index in [4.69, 9.17) is 0 Å². The number of nitrogens with zero attached hydrogens (tertiary/aromatic N) is 2. The maximum absolute atomic E-state index is 14.1. The summed E-state index contributed by atoms with van der Waals surface area (Å²) in [6.45, 7) is 5.12. The number of nitrogens with one attached hydrogen (secondary N) is 1. The van der Waals surface area contributed by atoms with E-state index >= 15 is 0 Å². The van der Waals surface area contributed by atoms with Crippen LogP contribution in [0.15, 0.2) is 42.5 Å². The van der Waals surface area contributed by atoms with Gasteiger partial charge in [0.25, 0.3) is 0 Å². The minimum Gasteiger partial charge on any atom is -0.356 e. The van der Waals surface area contributed by atoms with E-state index in [2.05, 4.69) is 14.8 Å². The third-order valence-corrected chi connectivity index (χ3v) is 6.30. The molecule has 0 saturated heterocycles. The van der Waals surface area contributed by atoms with E-state index in [0.29, 0.717) is 0 Å². The molecule has 0 unspecified atom stereocenters. The van der Waals surface area contributed by atoms with Crippen LogP contribution >= 0.6 is 0 Å². The van der Waals surface area contributed by atoms with Crippen LogP contribution in [0.4, 0.5) is 8.78 Å². The molecule has 1 aliphatic rings. The van der Waals surface area contributed by atoms with Crippen molar-refractivity contribution in [2.75, 3.05) is 19.6 Å². The zero-order chi connectivity index (χ0) is 22.5. The molecule has 1 amide bonds. The highest BCUT2D eigenvalue weighted by atomic mass is 19.1. The summed E-state index contributed by atoms with van der Waals surface area (Å²) in [6, 6.07) is 11.5. The van der Waals surface area contributed by atoms with Crippen LogP contribution in [0.1, 0.15) is 50.3 Å². The van der Waals surface area contributed by atoms with Crippen LogP contribution in [0.5, 0.6) is 0 Å². The average Bonchev–Trinajstić information content (AvgIpc) is 3.09. The summed E-state index contributed by atoms with van der Waals surface area (Å²) in [4.78, 5) is 13.3. The van der Waals surface area contributed by atoms with Crippen molar-refractivity contribution in [1.29, 1.82) is 0 Å². The summed E-state index contributed by atoms with van der Waals surface area (Å²) >= 11 is 0. The van der Waals surface area contributed by atoms with Crippen LogP contribution in [-0.2, 0) is 17.8 Å². The minimum absolute atomic E-state index is 0.0372. The van der Waals surface area contributed by atoms with Gasteiger partial charge in [0.05, 0.1) is 5.52 Å². The third kappa shape index (κ3) is 5.18. The third-order valence-electron chi connectivity index (χ3n) is 6.30. The molecule has 4 rings (SSSR count). The summed E-state index contributed by atoms with van der Waals surface area (Å²) in [5.41, 5.74) is 4.28. The van der Waals surface area contributed by atoms with Crippen molar-refractivity contribution in [1.82, 2.24) is 14.8 Å². The molecular formula is C26H31F2N3O. The van der Waals surface area contributed by atoms with Crippen molar-refractivity contribution in [2.24, 2.45) is 0 Å². The number of amides is 1. The Kier molecular flexibility index (Phi) is 7.20. The summed E-state index contributed by atoms with van der Waals surface area (Å²) in [6.07, 6.45) is 6.54. The van der Waals surface area contributed by atoms with E-state index < -0.39 is 0 Å². The molecular weight excluding hydrogens is 408 g/mol. The lowest BCUT2D eigenvalue weighted by Crippen LogP contribution is -2.31. The number of rotatable bonds is 9. The molecule has 2 aromatic carbocycles. The van der Waals surface area contributed by atoms with Crippen molar-refractivity contribution in [3.8, 4) is 5.69 Å². The van der Waals surface area contributed by atoms with Crippen molar-refractivity contribution in [3.05, 3.63) is 65.4 Å². The molecule has 6 heteroatoms. The molecule has 2 heterocycles. The number of aromatic nitrogens is 1. The van der Waals surface area contributed by atoms with Crippen LogP contribution in [0.2, 0.25) is 0 Å². The molecule has 32 heavy (non-hydrogen) atoms. The van der Waals surface area contributed by atoms with Gasteiger partial charge in [-0.05, 0) is 67.4 Å². The summed E-state index contributed by atoms with van der Waals surface area (Å²) < 4.78 is 29.7. The Labute approximate surface area is 188 Å². The predicted octanol–water partition coefficient (Wildman–Crippen LogP) is 5.35. The number of halogens is 2. The van der Waals surface area contributed by atoms with Crippen molar-refractivity contribution < 1.29 is 13.6 Å². The van der Waals surface area contributed by atoms with Gasteiger partial charge in [0, 0.05) is 49.7 Å². The monoisotopic (exact) mass is 439 g/mol. The van der Waals surface area contributed by atoms with E-state index in [9.17, 15) is 13.6 Å². The Balaban J connectivity index is 1.41. The summed E-state index contributed by atoms with van der Waals surface area (Å²) in [7, 11) is 0. The Morgan fingerprint density at radius 1 is 0.969 bits per heavy atom. The van der Waals surface area contributed by atoms with Crippen molar-refractivity contribution in [3.63, 3.8) is 0 Å². The fraction of sp³-hybridized carbons (Fsp3) is 0.423. The van der Waals surface area contributed by atoms with Gasteiger partial charge >= 0.3 is 0 Å². The van der Waals surface area contributed by atoms with Crippen molar-refractivity contribution >= 4 is 16.8 Å². The first-order valence-electron chi connectivity index (χ1n) is 11.6. The second kappa shape index (κ2) is 10.3. The van der Waals surface area contributed by atoms with Gasteiger partial charge in [-0.15, -0.1) is 0 Å². The van der Waals surface area contributed by atoms with Crippen LogP contribution in [0.25, 0.3) is 16.6 Å². The van der Waals surface area contributed by atoms with Crippen LogP contribution in [0, 0.1) is 11.6 Å². The quantitative estimate of drug-likeness (QED) is 0.456. The largest absolute Gasteiger partial charge is 0.356 e. The lowest BCUT2D eigenvalue weighted by atomic mass is 10.0. The number of unbranched alkanes of at least 4 members (excludes halogenated alkanes) is 4. The molecule has 1 aliphatic heterocycles. The normalized spacial score (nSPS) is 14.0. The van der Waals surface area contributed by atoms with Crippen molar-refractivity contribution in [2.45, 2.75) is 52.0 Å². The number of fused-ring (bicyclic) bond motifs is 3. The minimum atomic E-state index is -0.258. The molecule has 0 spiro atoms. The first kappa shape index (κ1) is 22.5. The summed E-state index contributed by atoms with van der Waals surface area (Å²) in [5, 5.41) is 3.79. The molecule has 0 aliphatic carbocycles. The molecule has 0 radical (unpaired) electrons. The van der Waals surface area contributed by atoms with Gasteiger partial charge in [0.2, 0.25) is 5.91 Å². The van der Waals surface area contributed by atoms with Gasteiger partial charge in [0.15, 0.2) is 0 Å². The standard InChI is InChI=1S/C26H31F2N3O/c1-19(32)29-14-5-3-2-4-6-15-30-16-13-26-24(18-30)23-17-21(28)9-12-25(23)31(26)22-10-7-20(27)8-11-22/h7-12,17H,2-6,13-16,18H2,1H3,(H,29,32). The Bertz CT molecular complexity index is 1070. The van der Waals surface area contributed by atoms with Crippen LogP contribution in [-0.4, -0.2) is 35.0 Å². The topological polar surface area (TPSA) is 37.3 Å². The van der Waals surface area contributed by atoms with Crippen LogP contribution < -0.4 is 5.32 Å². The van der Waals surface area contributed by atoms with Gasteiger partial charge in [-0.1, -0.05) is 19.3 Å². The Hall–Kier alpha value is -2.73. The van der Waals surface area contributed by atoms with Gasteiger partial charge < -0.3 is 9.88 Å². The Morgan fingerprint density at radius 3 is 2.47 bits per heavy atom. The predicted molar refractivity (Wildman–Crippen MR) is 124 cm³/mol. The lowest BCUT2D eigenvalue weighted by Gasteiger charge is -2.28. The fourth-order valence-corrected chi connectivity index (χ4v) is 4.72. The summed E-state index contributed by atoms with van der Waals surface area (Å²) in [5.74, 6) is -0.450. The zero-order valence-electron chi connectivity index (χ0n) is 18.7. The van der Waals surface area contributed by atoms with E-state index in [1.807, 2.05) is 6.07 Å². The first-order chi connectivity index (χ1) is 15.5. The highest BCUT2D eigenvalue weighted by Crippen LogP contribution is 2.34. The molecule has 1 aromatic heterocycles. The number of carbonyl (C=O) groups is 1. The molecule has 0 saturated carbocycles. The highest BCUT2D eigenvalue weighted by molar-refractivity contribution is 5.87. The smallest absolute Gasteiger partial charge is 0.216 e. The van der Waals surface area contributed by atoms with Gasteiger partial charge in [0.1, 0.15) is 11.6 Å².